The van der Waals surface area contributed by atoms with Gasteiger partial charge < -0.3 is 29.9 Å². The standard InChI is InChI=1S/C29H40N4O4/c1-31(2)24-15-17-33(18-16-24)28(34)12-6-5-9-19-37-21-23-10-7-8-11-26(23)32(3)29(35)22-13-14-25(30)27(20-22)36-4/h6-8,10-14,20,24H,5,9,15-19,21,30H2,1-4H3/b12-6+. The molecule has 3 rings (SSSR count). The van der Waals surface area contributed by atoms with Gasteiger partial charge in [0, 0.05) is 49.6 Å². The molecule has 0 radical (unpaired) electrons. The number of ether oxygens (including phenoxy) is 2. The van der Waals surface area contributed by atoms with E-state index >= 15 is 0 Å². The summed E-state index contributed by atoms with van der Waals surface area (Å²) in [5, 5.41) is 0. The third-order valence-electron chi connectivity index (χ3n) is 6.82. The van der Waals surface area contributed by atoms with E-state index in [-0.39, 0.29) is 11.8 Å². The molecule has 2 N–H and O–H groups in total. The second kappa shape index (κ2) is 13.8. The summed E-state index contributed by atoms with van der Waals surface area (Å²) in [7, 11) is 7.47. The maximum atomic E-state index is 13.1. The van der Waals surface area contributed by atoms with Crippen LogP contribution >= 0.6 is 0 Å². The lowest BCUT2D eigenvalue weighted by Gasteiger charge is -2.34. The fourth-order valence-corrected chi connectivity index (χ4v) is 4.48. The number of unbranched alkanes of at least 4 members (excludes halogenated alkanes) is 1. The lowest BCUT2D eigenvalue weighted by molar-refractivity contribution is -0.127. The molecular weight excluding hydrogens is 468 g/mol. The first-order valence-electron chi connectivity index (χ1n) is 12.8. The van der Waals surface area contributed by atoms with E-state index in [4.69, 9.17) is 15.2 Å². The molecule has 8 heteroatoms. The SMILES string of the molecule is COc1cc(C(=O)N(C)c2ccccc2COCCC/C=C/C(=O)N2CCC(N(C)C)CC2)ccc1N. The summed E-state index contributed by atoms with van der Waals surface area (Å²) in [5.74, 6) is 0.408. The molecule has 0 saturated carbocycles. The van der Waals surface area contributed by atoms with Gasteiger partial charge in [0.1, 0.15) is 5.75 Å². The minimum atomic E-state index is -0.161. The lowest BCUT2D eigenvalue weighted by Crippen LogP contribution is -2.43. The van der Waals surface area contributed by atoms with Gasteiger partial charge in [-0.1, -0.05) is 24.3 Å². The van der Waals surface area contributed by atoms with Crippen LogP contribution in [0, 0.1) is 0 Å². The summed E-state index contributed by atoms with van der Waals surface area (Å²) in [5.41, 5.74) is 8.57. The van der Waals surface area contributed by atoms with Gasteiger partial charge in [0.15, 0.2) is 0 Å². The average Bonchev–Trinajstić information content (AvgIpc) is 2.92. The van der Waals surface area contributed by atoms with Crippen molar-refractivity contribution in [2.45, 2.75) is 38.3 Å². The molecule has 200 valence electrons. The van der Waals surface area contributed by atoms with Crippen LogP contribution in [-0.2, 0) is 16.1 Å². The van der Waals surface area contributed by atoms with E-state index in [2.05, 4.69) is 19.0 Å². The van der Waals surface area contributed by atoms with Crippen molar-refractivity contribution in [2.24, 2.45) is 0 Å². The van der Waals surface area contributed by atoms with Crippen LogP contribution in [0.5, 0.6) is 5.75 Å². The number of likely N-dealkylation sites (tertiary alicyclic amines) is 1. The molecule has 8 nitrogen and oxygen atoms in total. The second-order valence-corrected chi connectivity index (χ2v) is 9.57. The number of carbonyl (C=O) groups is 2. The molecule has 1 aliphatic rings. The summed E-state index contributed by atoms with van der Waals surface area (Å²) < 4.78 is 11.1. The number of rotatable bonds is 11. The number of anilines is 2. The van der Waals surface area contributed by atoms with Crippen LogP contribution in [0.2, 0.25) is 0 Å². The van der Waals surface area contributed by atoms with Crippen LogP contribution in [0.25, 0.3) is 0 Å². The maximum Gasteiger partial charge on any atom is 0.258 e. The van der Waals surface area contributed by atoms with Gasteiger partial charge in [-0.2, -0.15) is 0 Å². The Morgan fingerprint density at radius 1 is 1.11 bits per heavy atom. The first-order chi connectivity index (χ1) is 17.8. The predicted octanol–water partition coefficient (Wildman–Crippen LogP) is 3.96. The van der Waals surface area contributed by atoms with Gasteiger partial charge in [0.25, 0.3) is 5.91 Å². The number of nitrogens with two attached hydrogens (primary N) is 1. The van der Waals surface area contributed by atoms with Crippen molar-refractivity contribution in [2.75, 3.05) is 58.6 Å². The number of methoxy groups -OCH3 is 1. The van der Waals surface area contributed by atoms with Gasteiger partial charge in [0.2, 0.25) is 5.91 Å². The first-order valence-corrected chi connectivity index (χ1v) is 12.8. The van der Waals surface area contributed by atoms with Gasteiger partial charge in [-0.15, -0.1) is 0 Å². The highest BCUT2D eigenvalue weighted by Gasteiger charge is 2.22. The van der Waals surface area contributed by atoms with E-state index in [9.17, 15) is 9.59 Å². The molecule has 1 heterocycles. The number of hydrogen-bond donors (Lipinski definition) is 1. The molecule has 0 bridgehead atoms. The Morgan fingerprint density at radius 2 is 1.84 bits per heavy atom. The topological polar surface area (TPSA) is 88.3 Å². The van der Waals surface area contributed by atoms with Gasteiger partial charge >= 0.3 is 0 Å². The van der Waals surface area contributed by atoms with Gasteiger partial charge in [0.05, 0.1) is 19.4 Å². The van der Waals surface area contributed by atoms with Gasteiger partial charge in [-0.3, -0.25) is 9.59 Å². The van der Waals surface area contributed by atoms with Crippen LogP contribution in [0.3, 0.4) is 0 Å². The first kappa shape index (κ1) is 28.2. The molecule has 0 aromatic heterocycles. The highest BCUT2D eigenvalue weighted by Crippen LogP contribution is 2.26. The quantitative estimate of drug-likeness (QED) is 0.281. The third-order valence-corrected chi connectivity index (χ3v) is 6.82. The van der Waals surface area contributed by atoms with Crippen molar-refractivity contribution in [3.63, 3.8) is 0 Å². The number of piperidine rings is 1. The Bertz CT molecular complexity index is 1080. The number of benzene rings is 2. The molecule has 37 heavy (non-hydrogen) atoms. The van der Waals surface area contributed by atoms with Crippen molar-refractivity contribution in [1.82, 2.24) is 9.80 Å². The summed E-state index contributed by atoms with van der Waals surface area (Å²) in [4.78, 5) is 31.3. The van der Waals surface area contributed by atoms with Crippen LogP contribution in [0.4, 0.5) is 11.4 Å². The van der Waals surface area contributed by atoms with E-state index in [1.807, 2.05) is 35.2 Å². The van der Waals surface area contributed by atoms with Crippen LogP contribution in [0.1, 0.15) is 41.6 Å². The van der Waals surface area contributed by atoms with Crippen LogP contribution < -0.4 is 15.4 Å². The van der Waals surface area contributed by atoms with Crippen molar-refractivity contribution >= 4 is 23.2 Å². The summed E-state index contributed by atoms with van der Waals surface area (Å²) in [6, 6.07) is 13.3. The molecule has 1 saturated heterocycles. The highest BCUT2D eigenvalue weighted by molar-refractivity contribution is 6.06. The fraction of sp³-hybridized carbons (Fsp3) is 0.448. The van der Waals surface area contributed by atoms with Crippen molar-refractivity contribution in [1.29, 1.82) is 0 Å². The molecular formula is C29H40N4O4. The van der Waals surface area contributed by atoms with E-state index in [0.717, 1.165) is 50.0 Å². The Morgan fingerprint density at radius 3 is 2.54 bits per heavy atom. The van der Waals surface area contributed by atoms with Crippen molar-refractivity contribution < 1.29 is 19.1 Å². The molecule has 1 fully saturated rings. The van der Waals surface area contributed by atoms with E-state index in [1.54, 1.807) is 36.2 Å². The number of amides is 2. The third kappa shape index (κ3) is 7.81. The molecule has 1 aliphatic heterocycles. The summed E-state index contributed by atoms with van der Waals surface area (Å²) >= 11 is 0. The molecule has 2 aromatic rings. The monoisotopic (exact) mass is 508 g/mol. The van der Waals surface area contributed by atoms with Crippen molar-refractivity contribution in [3.8, 4) is 5.75 Å². The van der Waals surface area contributed by atoms with Crippen LogP contribution in [-0.4, -0.2) is 75.6 Å². The van der Waals surface area contributed by atoms with E-state index in [1.165, 1.54) is 7.11 Å². The molecule has 2 aromatic carbocycles. The van der Waals surface area contributed by atoms with Gasteiger partial charge in [-0.05, 0) is 70.1 Å². The maximum absolute atomic E-state index is 13.1. The normalized spacial score (nSPS) is 14.4. The Hall–Kier alpha value is -3.36. The van der Waals surface area contributed by atoms with Crippen LogP contribution in [0.15, 0.2) is 54.6 Å². The second-order valence-electron chi connectivity index (χ2n) is 9.57. The zero-order chi connectivity index (χ0) is 26.8. The smallest absolute Gasteiger partial charge is 0.258 e. The fourth-order valence-electron chi connectivity index (χ4n) is 4.48. The number of para-hydroxylation sites is 1. The van der Waals surface area contributed by atoms with E-state index in [0.29, 0.717) is 36.3 Å². The van der Waals surface area contributed by atoms with E-state index < -0.39 is 0 Å². The largest absolute Gasteiger partial charge is 0.495 e. The molecule has 0 aliphatic carbocycles. The highest BCUT2D eigenvalue weighted by atomic mass is 16.5. The number of nitrogen functional groups attached to an aromatic ring is 1. The summed E-state index contributed by atoms with van der Waals surface area (Å²) in [6.07, 6.45) is 7.27. The number of nitrogens with zero attached hydrogens (tertiary/aromatic N) is 3. The Balaban J connectivity index is 1.44. The minimum absolute atomic E-state index is 0.0958. The summed E-state index contributed by atoms with van der Waals surface area (Å²) in [6.45, 7) is 2.59. The molecule has 0 unspecified atom stereocenters. The van der Waals surface area contributed by atoms with Gasteiger partial charge in [-0.25, -0.2) is 0 Å². The number of carbonyl (C=O) groups excluding carboxylic acids is 2. The number of allylic oxidation sites excluding steroid dienone is 1. The number of hydrogen-bond acceptors (Lipinski definition) is 6. The zero-order valence-electron chi connectivity index (χ0n) is 22.5. The predicted molar refractivity (Wildman–Crippen MR) is 148 cm³/mol. The van der Waals surface area contributed by atoms with Crippen molar-refractivity contribution in [3.05, 3.63) is 65.7 Å². The lowest BCUT2D eigenvalue weighted by atomic mass is 10.0. The molecule has 0 atom stereocenters. The molecule has 2 amide bonds. The Labute approximate surface area is 220 Å². The Kier molecular flexibility index (Phi) is 10.5. The average molecular weight is 509 g/mol. The zero-order valence-corrected chi connectivity index (χ0v) is 22.5. The minimum Gasteiger partial charge on any atom is -0.495 e. The molecule has 0 spiro atoms.